The van der Waals surface area contributed by atoms with Crippen molar-refractivity contribution in [1.82, 2.24) is 25.5 Å². The fraction of sp³-hybridized carbons (Fsp3) is 0.273. The van der Waals surface area contributed by atoms with E-state index in [-0.39, 0.29) is 17.9 Å². The molecule has 7 nitrogen and oxygen atoms in total. The molecule has 2 aromatic heterocycles. The first-order valence-electron chi connectivity index (χ1n) is 5.73. The third-order valence-corrected chi connectivity index (χ3v) is 2.44. The van der Waals surface area contributed by atoms with Crippen LogP contribution in [0.2, 0.25) is 0 Å². The molecule has 0 aromatic carbocycles. The Kier molecular flexibility index (Phi) is 3.78. The maximum Gasteiger partial charge on any atom is 0.453 e. The second kappa shape index (κ2) is 5.38. The van der Waals surface area contributed by atoms with Gasteiger partial charge in [-0.15, -0.1) is 5.10 Å². The molecule has 0 spiro atoms. The number of nitrogens with zero attached hydrogens (tertiary/aromatic N) is 2. The van der Waals surface area contributed by atoms with Crippen LogP contribution in [0.3, 0.4) is 0 Å². The lowest BCUT2D eigenvalue weighted by molar-refractivity contribution is -0.144. The first-order chi connectivity index (χ1) is 9.75. The zero-order valence-electron chi connectivity index (χ0n) is 10.7. The van der Waals surface area contributed by atoms with Crippen molar-refractivity contribution in [2.75, 3.05) is 0 Å². The van der Waals surface area contributed by atoms with Crippen molar-refractivity contribution in [3.8, 4) is 0 Å². The Morgan fingerprint density at radius 1 is 1.38 bits per heavy atom. The van der Waals surface area contributed by atoms with Crippen molar-refractivity contribution >= 4 is 5.91 Å². The van der Waals surface area contributed by atoms with Gasteiger partial charge in [0.2, 0.25) is 5.56 Å². The van der Waals surface area contributed by atoms with Crippen LogP contribution in [0.1, 0.15) is 27.7 Å². The summed E-state index contributed by atoms with van der Waals surface area (Å²) in [5, 5.41) is 7.42. The Hall–Kier alpha value is -2.65. The first kappa shape index (κ1) is 14.8. The number of aryl methyl sites for hydroxylation is 1. The smallest absolute Gasteiger partial charge is 0.345 e. The molecule has 1 amide bonds. The first-order valence-corrected chi connectivity index (χ1v) is 5.73. The maximum absolute atomic E-state index is 12.3. The topological polar surface area (TPSA) is 104 Å². The van der Waals surface area contributed by atoms with Crippen molar-refractivity contribution in [3.05, 3.63) is 45.4 Å². The summed E-state index contributed by atoms with van der Waals surface area (Å²) in [6, 6.07) is 2.53. The number of aromatic amines is 2. The van der Waals surface area contributed by atoms with Gasteiger partial charge in [0.25, 0.3) is 11.7 Å². The predicted octanol–water partition coefficient (Wildman–Crippen LogP) is 0.750. The van der Waals surface area contributed by atoms with E-state index in [2.05, 4.69) is 25.5 Å². The molecule has 21 heavy (non-hydrogen) atoms. The third kappa shape index (κ3) is 3.68. The van der Waals surface area contributed by atoms with E-state index in [4.69, 9.17) is 0 Å². The Balaban J connectivity index is 2.04. The number of pyridine rings is 1. The molecule has 3 N–H and O–H groups in total. The van der Waals surface area contributed by atoms with Crippen LogP contribution in [-0.4, -0.2) is 26.1 Å². The largest absolute Gasteiger partial charge is 0.453 e. The highest BCUT2D eigenvalue weighted by atomic mass is 19.4. The highest BCUT2D eigenvalue weighted by molar-refractivity contribution is 5.94. The molecule has 0 aliphatic heterocycles. The van der Waals surface area contributed by atoms with Crippen molar-refractivity contribution in [3.63, 3.8) is 0 Å². The van der Waals surface area contributed by atoms with E-state index in [1.54, 1.807) is 6.92 Å². The lowest BCUT2D eigenvalue weighted by Crippen LogP contribution is -2.25. The van der Waals surface area contributed by atoms with E-state index in [1.165, 1.54) is 6.07 Å². The van der Waals surface area contributed by atoms with E-state index >= 15 is 0 Å². The molecular formula is C11H10F3N5O2. The fourth-order valence-electron chi connectivity index (χ4n) is 1.58. The van der Waals surface area contributed by atoms with Gasteiger partial charge in [-0.2, -0.15) is 13.2 Å². The molecular weight excluding hydrogens is 291 g/mol. The molecule has 2 aromatic rings. The average molecular weight is 301 g/mol. The summed E-state index contributed by atoms with van der Waals surface area (Å²) in [5.74, 6) is -2.05. The standard InChI is InChI=1S/C11H10F3N5O2/c1-5-2-6(3-8(20)16-5)9(21)15-4-7-17-10(19-18-7)11(12,13)14/h2-3H,4H2,1H3,(H,15,21)(H,16,20)(H,17,18,19). The molecule has 0 atom stereocenters. The summed E-state index contributed by atoms with van der Waals surface area (Å²) in [5.41, 5.74) is 0.151. The van der Waals surface area contributed by atoms with Crippen LogP contribution in [0, 0.1) is 6.92 Å². The Bertz CT molecular complexity index is 719. The number of nitrogens with one attached hydrogen (secondary N) is 3. The number of rotatable bonds is 3. The number of carbonyl (C=O) groups excluding carboxylic acids is 1. The molecule has 0 bridgehead atoms. The predicted molar refractivity (Wildman–Crippen MR) is 64.4 cm³/mol. The molecule has 0 unspecified atom stereocenters. The van der Waals surface area contributed by atoms with Crippen LogP contribution >= 0.6 is 0 Å². The number of H-pyrrole nitrogens is 2. The van der Waals surface area contributed by atoms with Crippen LogP contribution in [0.15, 0.2) is 16.9 Å². The lowest BCUT2D eigenvalue weighted by atomic mass is 10.2. The van der Waals surface area contributed by atoms with Gasteiger partial charge in [-0.25, -0.2) is 4.98 Å². The lowest BCUT2D eigenvalue weighted by Gasteiger charge is -2.03. The number of alkyl halides is 3. The second-order valence-electron chi connectivity index (χ2n) is 4.20. The monoisotopic (exact) mass is 301 g/mol. The van der Waals surface area contributed by atoms with Crippen molar-refractivity contribution in [2.45, 2.75) is 19.6 Å². The molecule has 0 saturated heterocycles. The molecule has 10 heteroatoms. The molecule has 2 rings (SSSR count). The zero-order chi connectivity index (χ0) is 15.6. The van der Waals surface area contributed by atoms with Gasteiger partial charge in [0, 0.05) is 17.3 Å². The van der Waals surface area contributed by atoms with Crippen LogP contribution < -0.4 is 10.9 Å². The van der Waals surface area contributed by atoms with Gasteiger partial charge in [-0.1, -0.05) is 0 Å². The highest BCUT2D eigenvalue weighted by Gasteiger charge is 2.35. The fourth-order valence-corrected chi connectivity index (χ4v) is 1.58. The molecule has 2 heterocycles. The number of hydrogen-bond donors (Lipinski definition) is 3. The van der Waals surface area contributed by atoms with Gasteiger partial charge in [0.05, 0.1) is 6.54 Å². The van der Waals surface area contributed by atoms with Gasteiger partial charge in [0.15, 0.2) is 0 Å². The minimum absolute atomic E-state index is 0.104. The number of amides is 1. The molecule has 0 aliphatic rings. The Morgan fingerprint density at radius 2 is 2.10 bits per heavy atom. The van der Waals surface area contributed by atoms with Crippen LogP contribution in [-0.2, 0) is 12.7 Å². The normalized spacial score (nSPS) is 11.4. The van der Waals surface area contributed by atoms with E-state index in [0.29, 0.717) is 5.69 Å². The number of aromatic nitrogens is 4. The Morgan fingerprint density at radius 3 is 2.67 bits per heavy atom. The SMILES string of the molecule is Cc1cc(C(=O)NCc2nc(C(F)(F)F)n[nH]2)cc(=O)[nH]1. The summed E-state index contributed by atoms with van der Waals surface area (Å²) < 4.78 is 36.8. The average Bonchev–Trinajstić information content (AvgIpc) is 2.83. The zero-order valence-corrected chi connectivity index (χ0v) is 10.7. The van der Waals surface area contributed by atoms with Crippen molar-refractivity contribution < 1.29 is 18.0 Å². The van der Waals surface area contributed by atoms with Crippen molar-refractivity contribution in [1.29, 1.82) is 0 Å². The maximum atomic E-state index is 12.3. The summed E-state index contributed by atoms with van der Waals surface area (Å²) in [6.07, 6.45) is -4.65. The molecule has 0 fully saturated rings. The van der Waals surface area contributed by atoms with Gasteiger partial charge >= 0.3 is 6.18 Å². The minimum Gasteiger partial charge on any atom is -0.345 e. The summed E-state index contributed by atoms with van der Waals surface area (Å²) in [4.78, 5) is 28.7. The van der Waals surface area contributed by atoms with E-state index in [0.717, 1.165) is 6.07 Å². The van der Waals surface area contributed by atoms with Crippen LogP contribution in [0.4, 0.5) is 13.2 Å². The minimum atomic E-state index is -4.65. The van der Waals surface area contributed by atoms with Gasteiger partial charge in [-0.05, 0) is 13.0 Å². The van der Waals surface area contributed by atoms with E-state index in [9.17, 15) is 22.8 Å². The van der Waals surface area contributed by atoms with E-state index in [1.807, 2.05) is 0 Å². The second-order valence-corrected chi connectivity index (χ2v) is 4.20. The molecule has 112 valence electrons. The molecule has 0 aliphatic carbocycles. The summed E-state index contributed by atoms with van der Waals surface area (Å²) in [7, 11) is 0. The number of halogens is 3. The number of carbonyl (C=O) groups is 1. The third-order valence-electron chi connectivity index (χ3n) is 2.44. The van der Waals surface area contributed by atoms with Crippen molar-refractivity contribution in [2.24, 2.45) is 0 Å². The highest BCUT2D eigenvalue weighted by Crippen LogP contribution is 2.25. The van der Waals surface area contributed by atoms with E-state index < -0.39 is 23.5 Å². The van der Waals surface area contributed by atoms with Crippen LogP contribution in [0.5, 0.6) is 0 Å². The molecule has 0 saturated carbocycles. The summed E-state index contributed by atoms with van der Waals surface area (Å²) >= 11 is 0. The van der Waals surface area contributed by atoms with Gasteiger partial charge in [-0.3, -0.25) is 14.7 Å². The van der Waals surface area contributed by atoms with Crippen LogP contribution in [0.25, 0.3) is 0 Å². The van der Waals surface area contributed by atoms with Gasteiger partial charge in [0.1, 0.15) is 5.82 Å². The quantitative estimate of drug-likeness (QED) is 0.778. The Labute approximate surface area is 115 Å². The number of hydrogen-bond acceptors (Lipinski definition) is 4. The molecule has 0 radical (unpaired) electrons. The van der Waals surface area contributed by atoms with Gasteiger partial charge < -0.3 is 10.3 Å². The summed E-state index contributed by atoms with van der Waals surface area (Å²) in [6.45, 7) is 1.33.